The minimum atomic E-state index is -0.677. The first-order valence-electron chi connectivity index (χ1n) is 26.3. The molecule has 1 amide bonds. The van der Waals surface area contributed by atoms with E-state index in [9.17, 15) is 19.8 Å². The van der Waals surface area contributed by atoms with Gasteiger partial charge in [-0.15, -0.1) is 0 Å². The number of hydrogen-bond acceptors (Lipinski definition) is 5. The predicted molar refractivity (Wildman–Crippen MR) is 259 cm³/mol. The fraction of sp³-hybridized carbons (Fsp3) is 0.852. The minimum Gasteiger partial charge on any atom is -0.466 e. The Morgan fingerprint density at radius 1 is 0.467 bits per heavy atom. The van der Waals surface area contributed by atoms with Crippen molar-refractivity contribution in [1.82, 2.24) is 5.32 Å². The first-order valence-corrected chi connectivity index (χ1v) is 26.3. The molecule has 0 saturated carbocycles. The molecule has 0 spiro atoms. The summed E-state index contributed by atoms with van der Waals surface area (Å²) in [5.74, 6) is -0.0854. The summed E-state index contributed by atoms with van der Waals surface area (Å²) in [5, 5.41) is 23.1. The number of ether oxygens (including phenoxy) is 1. The van der Waals surface area contributed by atoms with Crippen LogP contribution in [0.2, 0.25) is 0 Å². The fourth-order valence-corrected chi connectivity index (χ4v) is 7.86. The highest BCUT2D eigenvalue weighted by Crippen LogP contribution is 2.15. The second-order valence-corrected chi connectivity index (χ2v) is 17.9. The molecular formula is C54H101NO5. The molecule has 0 aliphatic carbocycles. The maximum Gasteiger partial charge on any atom is 0.305 e. The van der Waals surface area contributed by atoms with Gasteiger partial charge in [-0.1, -0.05) is 211 Å². The molecule has 3 N–H and O–H groups in total. The number of aliphatic hydroxyl groups is 2. The molecule has 2 unspecified atom stereocenters. The SMILES string of the molecule is CCCCCCCCC/C=C\CCCCCCCCCC(=O)OCCCCC/C=C\C=C/CCCCCCCCC(=O)NC(CO)C(O)CCCCCCCCCCCC. The van der Waals surface area contributed by atoms with E-state index >= 15 is 0 Å². The number of carbonyl (C=O) groups is 2. The molecule has 0 aromatic carbocycles. The molecule has 0 bridgehead atoms. The molecule has 0 saturated heterocycles. The molecule has 6 heteroatoms. The number of nitrogens with one attached hydrogen (secondary N) is 1. The first kappa shape index (κ1) is 58.1. The van der Waals surface area contributed by atoms with Crippen LogP contribution in [0.4, 0.5) is 0 Å². The summed E-state index contributed by atoms with van der Waals surface area (Å²) < 4.78 is 5.45. The van der Waals surface area contributed by atoms with Gasteiger partial charge in [0.2, 0.25) is 5.91 Å². The Balaban J connectivity index is 3.50. The van der Waals surface area contributed by atoms with Crippen LogP contribution in [0.3, 0.4) is 0 Å². The quantitative estimate of drug-likeness (QED) is 0.0245. The number of rotatable bonds is 48. The van der Waals surface area contributed by atoms with Gasteiger partial charge in [-0.2, -0.15) is 0 Å². The fourth-order valence-electron chi connectivity index (χ4n) is 7.86. The number of esters is 1. The molecule has 0 rings (SSSR count). The Morgan fingerprint density at radius 3 is 1.28 bits per heavy atom. The van der Waals surface area contributed by atoms with Crippen molar-refractivity contribution in [2.75, 3.05) is 13.2 Å². The van der Waals surface area contributed by atoms with Crippen molar-refractivity contribution in [3.8, 4) is 0 Å². The predicted octanol–water partition coefficient (Wildman–Crippen LogP) is 15.7. The monoisotopic (exact) mass is 844 g/mol. The molecule has 0 radical (unpaired) electrons. The van der Waals surface area contributed by atoms with Crippen molar-refractivity contribution in [3.05, 3.63) is 36.5 Å². The first-order chi connectivity index (χ1) is 29.5. The molecular weight excluding hydrogens is 743 g/mol. The van der Waals surface area contributed by atoms with Crippen LogP contribution < -0.4 is 5.32 Å². The van der Waals surface area contributed by atoms with Gasteiger partial charge in [0.05, 0.1) is 25.4 Å². The van der Waals surface area contributed by atoms with Crippen LogP contribution in [0.15, 0.2) is 36.5 Å². The lowest BCUT2D eigenvalue weighted by molar-refractivity contribution is -0.143. The topological polar surface area (TPSA) is 95.9 Å². The lowest BCUT2D eigenvalue weighted by Crippen LogP contribution is -2.45. The summed E-state index contributed by atoms with van der Waals surface area (Å²) in [6, 6.07) is -0.557. The summed E-state index contributed by atoms with van der Waals surface area (Å²) in [6.45, 7) is 4.87. The van der Waals surface area contributed by atoms with Crippen LogP contribution in [0, 0.1) is 0 Å². The third kappa shape index (κ3) is 45.6. The zero-order chi connectivity index (χ0) is 43.7. The average Bonchev–Trinajstić information content (AvgIpc) is 3.25. The van der Waals surface area contributed by atoms with Crippen molar-refractivity contribution in [3.63, 3.8) is 0 Å². The highest BCUT2D eigenvalue weighted by atomic mass is 16.5. The summed E-state index contributed by atoms with van der Waals surface area (Å²) >= 11 is 0. The number of aliphatic hydroxyl groups excluding tert-OH is 2. The molecule has 0 aromatic heterocycles. The van der Waals surface area contributed by atoms with Gasteiger partial charge in [0.15, 0.2) is 0 Å². The zero-order valence-corrected chi connectivity index (χ0v) is 39.9. The highest BCUT2D eigenvalue weighted by molar-refractivity contribution is 5.76. The van der Waals surface area contributed by atoms with Crippen LogP contribution in [-0.2, 0) is 14.3 Å². The van der Waals surface area contributed by atoms with Crippen molar-refractivity contribution in [2.45, 2.75) is 283 Å². The van der Waals surface area contributed by atoms with Gasteiger partial charge in [-0.3, -0.25) is 9.59 Å². The largest absolute Gasteiger partial charge is 0.466 e. The van der Waals surface area contributed by atoms with Crippen LogP contribution in [-0.4, -0.2) is 47.4 Å². The van der Waals surface area contributed by atoms with E-state index in [0.29, 0.717) is 25.9 Å². The summed E-state index contributed by atoms with van der Waals surface area (Å²) in [6.07, 6.45) is 59.8. The van der Waals surface area contributed by atoms with Gasteiger partial charge in [0.1, 0.15) is 0 Å². The van der Waals surface area contributed by atoms with Crippen LogP contribution in [0.5, 0.6) is 0 Å². The van der Waals surface area contributed by atoms with Crippen LogP contribution in [0.25, 0.3) is 0 Å². The maximum atomic E-state index is 12.4. The Bertz CT molecular complexity index is 977. The Hall–Kier alpha value is -1.92. The van der Waals surface area contributed by atoms with Crippen molar-refractivity contribution < 1.29 is 24.5 Å². The van der Waals surface area contributed by atoms with E-state index in [4.69, 9.17) is 4.74 Å². The molecule has 60 heavy (non-hydrogen) atoms. The number of allylic oxidation sites excluding steroid dienone is 6. The molecule has 0 aromatic rings. The lowest BCUT2D eigenvalue weighted by atomic mass is 10.0. The van der Waals surface area contributed by atoms with E-state index in [0.717, 1.165) is 77.0 Å². The van der Waals surface area contributed by atoms with Gasteiger partial charge in [0, 0.05) is 12.8 Å². The Kier molecular flexibility index (Phi) is 48.1. The molecule has 2 atom stereocenters. The maximum absolute atomic E-state index is 12.4. The summed E-state index contributed by atoms with van der Waals surface area (Å²) in [5.41, 5.74) is 0. The van der Waals surface area contributed by atoms with Gasteiger partial charge < -0.3 is 20.3 Å². The molecule has 0 heterocycles. The van der Waals surface area contributed by atoms with E-state index in [1.165, 1.54) is 161 Å². The summed E-state index contributed by atoms with van der Waals surface area (Å²) in [4.78, 5) is 24.4. The number of unbranched alkanes of at least 4 members (excludes halogenated alkanes) is 32. The molecule has 6 nitrogen and oxygen atoms in total. The Labute approximate surface area is 373 Å². The minimum absolute atomic E-state index is 0.0252. The van der Waals surface area contributed by atoms with E-state index in [1.807, 2.05) is 0 Å². The Morgan fingerprint density at radius 2 is 0.833 bits per heavy atom. The van der Waals surface area contributed by atoms with Crippen molar-refractivity contribution in [1.29, 1.82) is 0 Å². The zero-order valence-electron chi connectivity index (χ0n) is 39.9. The lowest BCUT2D eigenvalue weighted by Gasteiger charge is -2.22. The highest BCUT2D eigenvalue weighted by Gasteiger charge is 2.20. The number of hydrogen-bond donors (Lipinski definition) is 3. The van der Waals surface area contributed by atoms with E-state index in [2.05, 4.69) is 55.6 Å². The van der Waals surface area contributed by atoms with Gasteiger partial charge in [-0.05, 0) is 83.5 Å². The molecule has 0 fully saturated rings. The average molecular weight is 844 g/mol. The second kappa shape index (κ2) is 49.7. The van der Waals surface area contributed by atoms with Crippen LogP contribution in [0.1, 0.15) is 271 Å². The molecule has 0 aliphatic rings. The smallest absolute Gasteiger partial charge is 0.305 e. The normalized spacial score (nSPS) is 12.9. The van der Waals surface area contributed by atoms with Crippen LogP contribution >= 0.6 is 0 Å². The molecule has 352 valence electrons. The van der Waals surface area contributed by atoms with Gasteiger partial charge >= 0.3 is 5.97 Å². The standard InChI is InChI=1S/C54H101NO5/c1-3-5-7-9-11-13-15-16-17-18-19-22-25-28-32-36-40-44-48-54(59)60-49-45-41-37-33-29-26-23-20-21-24-27-31-35-39-43-47-53(58)55-51(50-56)52(57)46-42-38-34-30-14-12-10-8-6-4-2/h17-18,20,23,26,29,51-52,56-57H,3-16,19,21-22,24-25,27-28,30-50H2,1-2H3,(H,55,58)/b18-17-,23-20-,29-26-. The van der Waals surface area contributed by atoms with Gasteiger partial charge in [-0.25, -0.2) is 0 Å². The third-order valence-electron chi connectivity index (χ3n) is 11.9. The molecule has 0 aliphatic heterocycles. The van der Waals surface area contributed by atoms with Gasteiger partial charge in [0.25, 0.3) is 0 Å². The van der Waals surface area contributed by atoms with E-state index < -0.39 is 12.1 Å². The van der Waals surface area contributed by atoms with Crippen molar-refractivity contribution >= 4 is 11.9 Å². The summed E-state index contributed by atoms with van der Waals surface area (Å²) in [7, 11) is 0. The number of carbonyl (C=O) groups excluding carboxylic acids is 2. The third-order valence-corrected chi connectivity index (χ3v) is 11.9. The van der Waals surface area contributed by atoms with E-state index in [1.54, 1.807) is 0 Å². The van der Waals surface area contributed by atoms with Crippen molar-refractivity contribution in [2.24, 2.45) is 0 Å². The number of amides is 1. The van der Waals surface area contributed by atoms with E-state index in [-0.39, 0.29) is 18.5 Å². The second-order valence-electron chi connectivity index (χ2n) is 17.9.